The van der Waals surface area contributed by atoms with Gasteiger partial charge in [-0.2, -0.15) is 0 Å². The molecule has 0 aliphatic carbocycles. The van der Waals surface area contributed by atoms with Gasteiger partial charge in [0, 0.05) is 36.9 Å². The van der Waals surface area contributed by atoms with Gasteiger partial charge in [-0.25, -0.2) is 9.37 Å². The summed E-state index contributed by atoms with van der Waals surface area (Å²) in [6.45, 7) is 4.67. The number of nitrogens with one attached hydrogen (secondary N) is 1. The average molecular weight is 310 g/mol. The Kier molecular flexibility index (Phi) is 4.48. The summed E-state index contributed by atoms with van der Waals surface area (Å²) in [5, 5.41) is 3.41. The molecule has 0 radical (unpaired) electrons. The molecule has 0 amide bonds. The lowest BCUT2D eigenvalue weighted by molar-refractivity contribution is 0.564. The topological polar surface area (TPSA) is 42.7 Å². The summed E-state index contributed by atoms with van der Waals surface area (Å²) in [4.78, 5) is 8.24. The van der Waals surface area contributed by atoms with E-state index < -0.39 is 0 Å². The molecule has 1 unspecified atom stereocenters. The lowest BCUT2D eigenvalue weighted by Crippen LogP contribution is -2.19. The van der Waals surface area contributed by atoms with E-state index in [9.17, 15) is 4.39 Å². The maximum atomic E-state index is 14.2. The molecule has 4 nitrogen and oxygen atoms in total. The molecule has 0 aliphatic rings. The van der Waals surface area contributed by atoms with Crippen molar-refractivity contribution in [1.29, 1.82) is 0 Å². The highest BCUT2D eigenvalue weighted by molar-refractivity contribution is 5.36. The highest BCUT2D eigenvalue weighted by Gasteiger charge is 2.09. The van der Waals surface area contributed by atoms with Gasteiger partial charge in [0.1, 0.15) is 5.82 Å². The molecule has 0 saturated heterocycles. The molecule has 0 fully saturated rings. The summed E-state index contributed by atoms with van der Waals surface area (Å²) < 4.78 is 15.9. The molecule has 118 valence electrons. The number of aryl methyl sites for hydroxylation is 1. The molecule has 3 aromatic rings. The van der Waals surface area contributed by atoms with Crippen LogP contribution in [0, 0.1) is 12.7 Å². The Balaban J connectivity index is 1.69. The molecule has 1 N–H and O–H groups in total. The molecule has 0 saturated carbocycles. The number of hydrogen-bond acceptors (Lipinski definition) is 3. The van der Waals surface area contributed by atoms with Crippen LogP contribution in [-0.2, 0) is 6.54 Å². The van der Waals surface area contributed by atoms with Crippen LogP contribution >= 0.6 is 0 Å². The second kappa shape index (κ2) is 6.71. The van der Waals surface area contributed by atoms with Crippen molar-refractivity contribution in [1.82, 2.24) is 19.9 Å². The van der Waals surface area contributed by atoms with E-state index in [0.717, 1.165) is 16.8 Å². The molecule has 5 heteroatoms. The maximum absolute atomic E-state index is 14.2. The highest BCUT2D eigenvalue weighted by Crippen LogP contribution is 2.18. The number of benzene rings is 1. The van der Waals surface area contributed by atoms with Crippen molar-refractivity contribution in [2.75, 3.05) is 0 Å². The Morgan fingerprint density at radius 2 is 2.13 bits per heavy atom. The minimum Gasteiger partial charge on any atom is -0.306 e. The molecule has 1 aromatic carbocycles. The lowest BCUT2D eigenvalue weighted by atomic mass is 10.1. The second-order valence-corrected chi connectivity index (χ2v) is 5.54. The normalized spacial score (nSPS) is 12.3. The monoisotopic (exact) mass is 310 g/mol. The first-order valence-electron chi connectivity index (χ1n) is 7.57. The Morgan fingerprint density at radius 3 is 2.83 bits per heavy atom. The van der Waals surface area contributed by atoms with Crippen LogP contribution in [-0.4, -0.2) is 14.5 Å². The van der Waals surface area contributed by atoms with Crippen LogP contribution in [0.25, 0.3) is 5.69 Å². The molecule has 0 bridgehead atoms. The fraction of sp³-hybridized carbons (Fsp3) is 0.222. The van der Waals surface area contributed by atoms with E-state index in [2.05, 4.69) is 28.3 Å². The van der Waals surface area contributed by atoms with Crippen molar-refractivity contribution in [3.63, 3.8) is 0 Å². The molecule has 0 aliphatic heterocycles. The third-order valence-electron chi connectivity index (χ3n) is 3.92. The van der Waals surface area contributed by atoms with Crippen LogP contribution < -0.4 is 5.32 Å². The predicted molar refractivity (Wildman–Crippen MR) is 87.8 cm³/mol. The van der Waals surface area contributed by atoms with Crippen LogP contribution in [0.1, 0.15) is 29.8 Å². The molecule has 23 heavy (non-hydrogen) atoms. The van der Waals surface area contributed by atoms with Gasteiger partial charge in [-0.3, -0.25) is 4.98 Å². The number of nitrogens with zero attached hydrogens (tertiary/aromatic N) is 3. The molecular formula is C18H19FN4. The number of pyridine rings is 1. The van der Waals surface area contributed by atoms with Crippen molar-refractivity contribution in [3.05, 3.63) is 77.9 Å². The molecule has 2 heterocycles. The summed E-state index contributed by atoms with van der Waals surface area (Å²) in [7, 11) is 0. The summed E-state index contributed by atoms with van der Waals surface area (Å²) in [6.07, 6.45) is 6.73. The number of rotatable bonds is 5. The standard InChI is InChI=1S/C18H19FN4/c1-13-16(4-3-7-21-13)14(2)22-11-15-5-6-18(17(19)10-15)23-9-8-20-12-23/h3-10,12,14,22H,11H2,1-2H3. The van der Waals surface area contributed by atoms with Gasteiger partial charge in [-0.1, -0.05) is 12.1 Å². The minimum atomic E-state index is -0.257. The van der Waals surface area contributed by atoms with Crippen LogP contribution in [0.5, 0.6) is 0 Å². The van der Waals surface area contributed by atoms with E-state index in [-0.39, 0.29) is 11.9 Å². The second-order valence-electron chi connectivity index (χ2n) is 5.54. The molecular weight excluding hydrogens is 291 g/mol. The Hall–Kier alpha value is -2.53. The summed E-state index contributed by atoms with van der Waals surface area (Å²) in [5.74, 6) is -0.257. The van der Waals surface area contributed by atoms with Crippen molar-refractivity contribution >= 4 is 0 Å². The predicted octanol–water partition coefficient (Wildman–Crippen LogP) is 3.57. The molecule has 0 spiro atoms. The Labute approximate surface area is 135 Å². The van der Waals surface area contributed by atoms with Crippen LogP contribution in [0.15, 0.2) is 55.2 Å². The van der Waals surface area contributed by atoms with Crippen LogP contribution in [0.4, 0.5) is 4.39 Å². The minimum absolute atomic E-state index is 0.153. The Morgan fingerprint density at radius 1 is 1.26 bits per heavy atom. The number of halogens is 1. The van der Waals surface area contributed by atoms with Gasteiger partial charge in [0.15, 0.2) is 0 Å². The van der Waals surface area contributed by atoms with E-state index in [1.807, 2.05) is 19.1 Å². The molecule has 1 atom stereocenters. The van der Waals surface area contributed by atoms with Gasteiger partial charge >= 0.3 is 0 Å². The fourth-order valence-electron chi connectivity index (χ4n) is 2.61. The van der Waals surface area contributed by atoms with E-state index in [4.69, 9.17) is 0 Å². The number of hydrogen-bond donors (Lipinski definition) is 1. The molecule has 3 rings (SSSR count). The third-order valence-corrected chi connectivity index (χ3v) is 3.92. The van der Waals surface area contributed by atoms with Gasteiger partial charge in [-0.15, -0.1) is 0 Å². The maximum Gasteiger partial charge on any atom is 0.147 e. The average Bonchev–Trinajstić information content (AvgIpc) is 3.07. The van der Waals surface area contributed by atoms with Gasteiger partial charge in [0.2, 0.25) is 0 Å². The van der Waals surface area contributed by atoms with Crippen molar-refractivity contribution in [3.8, 4) is 5.69 Å². The van der Waals surface area contributed by atoms with Gasteiger partial charge in [0.25, 0.3) is 0 Å². The van der Waals surface area contributed by atoms with Gasteiger partial charge in [-0.05, 0) is 43.2 Å². The van der Waals surface area contributed by atoms with Gasteiger partial charge < -0.3 is 9.88 Å². The first-order chi connectivity index (χ1) is 11.1. The summed E-state index contributed by atoms with van der Waals surface area (Å²) in [5.41, 5.74) is 3.57. The third kappa shape index (κ3) is 3.46. The zero-order valence-corrected chi connectivity index (χ0v) is 13.2. The fourth-order valence-corrected chi connectivity index (χ4v) is 2.61. The van der Waals surface area contributed by atoms with E-state index in [0.29, 0.717) is 12.2 Å². The smallest absolute Gasteiger partial charge is 0.147 e. The highest BCUT2D eigenvalue weighted by atomic mass is 19.1. The van der Waals surface area contributed by atoms with Crippen molar-refractivity contribution in [2.24, 2.45) is 0 Å². The van der Waals surface area contributed by atoms with Crippen molar-refractivity contribution in [2.45, 2.75) is 26.4 Å². The SMILES string of the molecule is Cc1ncccc1C(C)NCc1ccc(-n2ccnc2)c(F)c1. The van der Waals surface area contributed by atoms with Gasteiger partial charge in [0.05, 0.1) is 12.0 Å². The van der Waals surface area contributed by atoms with Crippen molar-refractivity contribution < 1.29 is 4.39 Å². The quantitative estimate of drug-likeness (QED) is 0.783. The lowest BCUT2D eigenvalue weighted by Gasteiger charge is -2.16. The summed E-state index contributed by atoms with van der Waals surface area (Å²) >= 11 is 0. The van der Waals surface area contributed by atoms with E-state index >= 15 is 0 Å². The first kappa shape index (κ1) is 15.4. The summed E-state index contributed by atoms with van der Waals surface area (Å²) in [6, 6.07) is 9.40. The largest absolute Gasteiger partial charge is 0.306 e. The Bertz CT molecular complexity index is 783. The number of imidazole rings is 1. The zero-order chi connectivity index (χ0) is 16.2. The van der Waals surface area contributed by atoms with Crippen LogP contribution in [0.2, 0.25) is 0 Å². The van der Waals surface area contributed by atoms with E-state index in [1.54, 1.807) is 41.6 Å². The zero-order valence-electron chi connectivity index (χ0n) is 13.2. The van der Waals surface area contributed by atoms with Crippen LogP contribution in [0.3, 0.4) is 0 Å². The number of aromatic nitrogens is 3. The molecule has 2 aromatic heterocycles. The van der Waals surface area contributed by atoms with E-state index in [1.165, 1.54) is 0 Å². The first-order valence-corrected chi connectivity index (χ1v) is 7.57.